The number of likely N-dealkylation sites (tertiary alicyclic amines) is 1. The van der Waals surface area contributed by atoms with E-state index in [9.17, 15) is 9.59 Å². The second-order valence-corrected chi connectivity index (χ2v) is 7.34. The molecule has 3 N–H and O–H groups in total. The fraction of sp³-hybridized carbons (Fsp3) is 0.833. The van der Waals surface area contributed by atoms with Gasteiger partial charge < -0.3 is 20.9 Å². The molecule has 2 amide bonds. The van der Waals surface area contributed by atoms with Crippen molar-refractivity contribution in [2.24, 2.45) is 16.8 Å². The zero-order valence-corrected chi connectivity index (χ0v) is 15.8. The van der Waals surface area contributed by atoms with Crippen molar-refractivity contribution in [3.8, 4) is 0 Å². The van der Waals surface area contributed by atoms with Crippen molar-refractivity contribution in [3.05, 3.63) is 0 Å². The summed E-state index contributed by atoms with van der Waals surface area (Å²) in [6.45, 7) is 6.86. The van der Waals surface area contributed by atoms with Crippen LogP contribution in [0.2, 0.25) is 0 Å². The van der Waals surface area contributed by atoms with Crippen molar-refractivity contribution in [1.29, 1.82) is 0 Å². The number of aliphatic imine (C=N–C) groups is 1. The molecule has 0 aromatic carbocycles. The van der Waals surface area contributed by atoms with Gasteiger partial charge in [-0.05, 0) is 25.7 Å². The molecule has 1 unspecified atom stereocenters. The lowest BCUT2D eigenvalue weighted by molar-refractivity contribution is -0.133. The van der Waals surface area contributed by atoms with Gasteiger partial charge in [0, 0.05) is 51.1 Å². The summed E-state index contributed by atoms with van der Waals surface area (Å²) in [7, 11) is 1.75. The number of nitrogens with zero attached hydrogens (tertiary/aromatic N) is 2. The second kappa shape index (κ2) is 9.63. The first-order chi connectivity index (χ1) is 12.0. The summed E-state index contributed by atoms with van der Waals surface area (Å²) < 4.78 is 0. The fourth-order valence-electron chi connectivity index (χ4n) is 3.15. The lowest BCUT2D eigenvalue weighted by Crippen LogP contribution is -2.46. The molecule has 25 heavy (non-hydrogen) atoms. The first kappa shape index (κ1) is 19.5. The largest absolute Gasteiger partial charge is 0.356 e. The molecule has 0 spiro atoms. The van der Waals surface area contributed by atoms with Crippen molar-refractivity contribution >= 4 is 17.8 Å². The highest BCUT2D eigenvalue weighted by atomic mass is 16.2. The summed E-state index contributed by atoms with van der Waals surface area (Å²) in [5.41, 5.74) is 0. The molecule has 7 heteroatoms. The molecule has 0 radical (unpaired) electrons. The Morgan fingerprint density at radius 3 is 2.48 bits per heavy atom. The van der Waals surface area contributed by atoms with Crippen LogP contribution >= 0.6 is 0 Å². The minimum atomic E-state index is 0.0475. The number of hydrogen-bond acceptors (Lipinski definition) is 3. The lowest BCUT2D eigenvalue weighted by atomic mass is 9.85. The Morgan fingerprint density at radius 1 is 1.16 bits per heavy atom. The van der Waals surface area contributed by atoms with Crippen LogP contribution in [-0.2, 0) is 9.59 Å². The van der Waals surface area contributed by atoms with Gasteiger partial charge >= 0.3 is 0 Å². The minimum absolute atomic E-state index is 0.0475. The maximum Gasteiger partial charge on any atom is 0.225 e. The van der Waals surface area contributed by atoms with E-state index < -0.39 is 0 Å². The van der Waals surface area contributed by atoms with Crippen LogP contribution in [0.3, 0.4) is 0 Å². The van der Waals surface area contributed by atoms with Crippen molar-refractivity contribution in [2.45, 2.75) is 52.0 Å². The number of nitrogens with one attached hydrogen (secondary N) is 3. The van der Waals surface area contributed by atoms with Crippen LogP contribution in [-0.4, -0.2) is 61.9 Å². The number of carbonyl (C=O) groups excluding carboxylic acids is 2. The van der Waals surface area contributed by atoms with Crippen LogP contribution in [0.5, 0.6) is 0 Å². The summed E-state index contributed by atoms with van der Waals surface area (Å²) in [4.78, 5) is 29.9. The molecule has 0 aromatic rings. The smallest absolute Gasteiger partial charge is 0.225 e. The molecule has 0 bridgehead atoms. The first-order valence-electron chi connectivity index (χ1n) is 9.55. The molecule has 1 saturated carbocycles. The molecular formula is C18H33N5O2. The van der Waals surface area contributed by atoms with Crippen LogP contribution < -0.4 is 16.0 Å². The van der Waals surface area contributed by atoms with E-state index in [0.717, 1.165) is 51.3 Å². The Hall–Kier alpha value is -1.79. The van der Waals surface area contributed by atoms with E-state index in [1.165, 1.54) is 6.42 Å². The van der Waals surface area contributed by atoms with Crippen molar-refractivity contribution in [3.63, 3.8) is 0 Å². The van der Waals surface area contributed by atoms with Crippen molar-refractivity contribution in [2.75, 3.05) is 33.2 Å². The quantitative estimate of drug-likeness (QED) is 0.358. The van der Waals surface area contributed by atoms with Gasteiger partial charge in [-0.2, -0.15) is 0 Å². The van der Waals surface area contributed by atoms with Crippen LogP contribution in [0.15, 0.2) is 4.99 Å². The Kier molecular flexibility index (Phi) is 7.52. The highest BCUT2D eigenvalue weighted by Crippen LogP contribution is 2.25. The predicted molar refractivity (Wildman–Crippen MR) is 99.3 cm³/mol. The molecule has 1 aliphatic carbocycles. The monoisotopic (exact) mass is 351 g/mol. The third kappa shape index (κ3) is 5.90. The number of amides is 2. The molecule has 0 aromatic heterocycles. The Bertz CT molecular complexity index is 488. The van der Waals surface area contributed by atoms with Crippen LogP contribution in [0, 0.1) is 11.8 Å². The molecule has 142 valence electrons. The molecular weight excluding hydrogens is 318 g/mol. The zero-order chi connectivity index (χ0) is 18.2. The molecule has 2 rings (SSSR count). The molecule has 1 atom stereocenters. The zero-order valence-electron chi connectivity index (χ0n) is 15.8. The number of carbonyl (C=O) groups is 2. The van der Waals surface area contributed by atoms with Crippen molar-refractivity contribution in [1.82, 2.24) is 20.9 Å². The van der Waals surface area contributed by atoms with E-state index in [2.05, 4.69) is 20.9 Å². The summed E-state index contributed by atoms with van der Waals surface area (Å²) >= 11 is 0. The Morgan fingerprint density at radius 2 is 1.88 bits per heavy atom. The summed E-state index contributed by atoms with van der Waals surface area (Å²) in [6, 6.07) is 0.243. The summed E-state index contributed by atoms with van der Waals surface area (Å²) in [6.07, 6.45) is 5.07. The van der Waals surface area contributed by atoms with Crippen LogP contribution in [0.4, 0.5) is 0 Å². The van der Waals surface area contributed by atoms with E-state index in [1.54, 1.807) is 7.05 Å². The van der Waals surface area contributed by atoms with Gasteiger partial charge in [0.15, 0.2) is 5.96 Å². The molecule has 1 heterocycles. The maximum absolute atomic E-state index is 12.0. The lowest BCUT2D eigenvalue weighted by Gasteiger charge is -2.24. The second-order valence-electron chi connectivity index (χ2n) is 7.34. The topological polar surface area (TPSA) is 85.8 Å². The molecule has 1 aliphatic heterocycles. The fourth-order valence-corrected chi connectivity index (χ4v) is 3.15. The highest BCUT2D eigenvalue weighted by Gasteiger charge is 2.28. The molecule has 7 nitrogen and oxygen atoms in total. The van der Waals surface area contributed by atoms with Crippen LogP contribution in [0.1, 0.15) is 46.0 Å². The van der Waals surface area contributed by atoms with Gasteiger partial charge in [-0.25, -0.2) is 0 Å². The average molecular weight is 351 g/mol. The van der Waals surface area contributed by atoms with Gasteiger partial charge in [0.05, 0.1) is 0 Å². The average Bonchev–Trinajstić information content (AvgIpc) is 2.99. The molecule has 2 aliphatic rings. The normalized spacial score (nSPS) is 21.2. The van der Waals surface area contributed by atoms with Gasteiger partial charge in [-0.3, -0.25) is 14.6 Å². The number of guanidine groups is 1. The number of hydrogen-bond donors (Lipinski definition) is 3. The number of rotatable bonds is 7. The Balaban J connectivity index is 1.59. The Labute approximate surface area is 151 Å². The minimum Gasteiger partial charge on any atom is -0.356 e. The van der Waals surface area contributed by atoms with E-state index in [0.29, 0.717) is 6.54 Å². The first-order valence-corrected chi connectivity index (χ1v) is 9.55. The predicted octanol–water partition coefficient (Wildman–Crippen LogP) is 0.715. The standard InChI is InChI=1S/C18H33N5O2/c1-13(2)17(25)23-11-8-15(12-23)22-18(19-3)21-10-5-9-20-16(24)14-6-4-7-14/h13-15H,4-12H2,1-3H3,(H,20,24)(H2,19,21,22). The van der Waals surface area contributed by atoms with E-state index in [-0.39, 0.29) is 29.7 Å². The van der Waals surface area contributed by atoms with Crippen molar-refractivity contribution < 1.29 is 9.59 Å². The third-order valence-electron chi connectivity index (χ3n) is 4.98. The van der Waals surface area contributed by atoms with E-state index in [1.807, 2.05) is 18.7 Å². The van der Waals surface area contributed by atoms with E-state index in [4.69, 9.17) is 0 Å². The van der Waals surface area contributed by atoms with Gasteiger partial charge in [0.1, 0.15) is 0 Å². The van der Waals surface area contributed by atoms with Gasteiger partial charge in [-0.15, -0.1) is 0 Å². The van der Waals surface area contributed by atoms with Gasteiger partial charge in [0.2, 0.25) is 11.8 Å². The van der Waals surface area contributed by atoms with Gasteiger partial charge in [0.25, 0.3) is 0 Å². The maximum atomic E-state index is 12.0. The summed E-state index contributed by atoms with van der Waals surface area (Å²) in [5, 5.41) is 9.66. The molecule has 2 fully saturated rings. The van der Waals surface area contributed by atoms with Gasteiger partial charge in [-0.1, -0.05) is 20.3 Å². The third-order valence-corrected chi connectivity index (χ3v) is 4.98. The SMILES string of the molecule is CN=C(NCCCNC(=O)C1CCC1)NC1CCN(C(=O)C(C)C)C1. The van der Waals surface area contributed by atoms with Crippen LogP contribution in [0.25, 0.3) is 0 Å². The molecule has 1 saturated heterocycles. The van der Waals surface area contributed by atoms with E-state index >= 15 is 0 Å². The highest BCUT2D eigenvalue weighted by molar-refractivity contribution is 5.81. The summed E-state index contributed by atoms with van der Waals surface area (Å²) in [5.74, 6) is 1.48.